The van der Waals surface area contributed by atoms with Crippen LogP contribution in [0, 0.1) is 0 Å². The van der Waals surface area contributed by atoms with E-state index in [9.17, 15) is 5.11 Å². The largest absolute Gasteiger partial charge is 0.392 e. The first kappa shape index (κ1) is 12.6. The van der Waals surface area contributed by atoms with Gasteiger partial charge in [0.2, 0.25) is 0 Å². The molecule has 0 heterocycles. The number of hydrogen-bond acceptors (Lipinski definition) is 1. The van der Waals surface area contributed by atoms with Crippen molar-refractivity contribution in [2.45, 2.75) is 6.61 Å². The zero-order valence-corrected chi connectivity index (χ0v) is 11.2. The van der Waals surface area contributed by atoms with E-state index in [1.54, 1.807) is 0 Å². The Hall–Kier alpha value is -2.38. The molecule has 20 heavy (non-hydrogen) atoms. The van der Waals surface area contributed by atoms with Crippen molar-refractivity contribution >= 4 is 0 Å². The highest BCUT2D eigenvalue weighted by Crippen LogP contribution is 2.32. The Morgan fingerprint density at radius 1 is 0.550 bits per heavy atom. The van der Waals surface area contributed by atoms with Gasteiger partial charge >= 0.3 is 0 Å². The molecule has 1 heteroatoms. The van der Waals surface area contributed by atoms with Crippen molar-refractivity contribution in [1.29, 1.82) is 0 Å². The quantitative estimate of drug-likeness (QED) is 0.734. The van der Waals surface area contributed by atoms with Crippen LogP contribution in [0.5, 0.6) is 0 Å². The topological polar surface area (TPSA) is 20.2 Å². The van der Waals surface area contributed by atoms with Crippen LogP contribution < -0.4 is 0 Å². The molecule has 3 aromatic rings. The van der Waals surface area contributed by atoms with Gasteiger partial charge in [0, 0.05) is 0 Å². The first-order valence-electron chi connectivity index (χ1n) is 6.74. The third kappa shape index (κ3) is 2.36. The van der Waals surface area contributed by atoms with Crippen LogP contribution in [0.4, 0.5) is 0 Å². The highest BCUT2D eigenvalue weighted by molar-refractivity contribution is 5.78. The standard InChI is InChI=1S/C19H16O/c20-14-19-17(15-8-3-1-4-9-15)12-7-13-18(19)16-10-5-2-6-11-16/h1-13,20H,14H2. The van der Waals surface area contributed by atoms with Crippen LogP contribution in [0.2, 0.25) is 0 Å². The van der Waals surface area contributed by atoms with Crippen molar-refractivity contribution in [2.75, 3.05) is 0 Å². The van der Waals surface area contributed by atoms with Gasteiger partial charge in [-0.15, -0.1) is 0 Å². The molecule has 0 aromatic heterocycles. The van der Waals surface area contributed by atoms with Crippen molar-refractivity contribution in [3.63, 3.8) is 0 Å². The van der Waals surface area contributed by atoms with Crippen LogP contribution in [0.25, 0.3) is 22.3 Å². The summed E-state index contributed by atoms with van der Waals surface area (Å²) in [7, 11) is 0. The van der Waals surface area contributed by atoms with E-state index in [0.717, 1.165) is 27.8 Å². The van der Waals surface area contributed by atoms with E-state index in [-0.39, 0.29) is 6.61 Å². The van der Waals surface area contributed by atoms with E-state index < -0.39 is 0 Å². The Bertz CT molecular complexity index is 630. The summed E-state index contributed by atoms with van der Waals surface area (Å²) in [6.45, 7) is 0.0370. The van der Waals surface area contributed by atoms with E-state index in [2.05, 4.69) is 36.4 Å². The molecule has 3 rings (SSSR count). The Balaban J connectivity index is 2.19. The lowest BCUT2D eigenvalue weighted by atomic mass is 9.92. The maximum absolute atomic E-state index is 9.82. The maximum Gasteiger partial charge on any atom is 0.0693 e. The lowest BCUT2D eigenvalue weighted by molar-refractivity contribution is 0.283. The minimum atomic E-state index is 0.0370. The van der Waals surface area contributed by atoms with Crippen LogP contribution in [-0.4, -0.2) is 5.11 Å². The number of hydrogen-bond donors (Lipinski definition) is 1. The fourth-order valence-corrected chi connectivity index (χ4v) is 2.53. The molecule has 0 aliphatic carbocycles. The van der Waals surface area contributed by atoms with Gasteiger partial charge in [-0.3, -0.25) is 0 Å². The van der Waals surface area contributed by atoms with E-state index in [4.69, 9.17) is 0 Å². The molecule has 0 aliphatic heterocycles. The van der Waals surface area contributed by atoms with Crippen LogP contribution in [0.1, 0.15) is 5.56 Å². The molecule has 0 aliphatic rings. The monoisotopic (exact) mass is 260 g/mol. The molecule has 0 saturated carbocycles. The van der Waals surface area contributed by atoms with Gasteiger partial charge in [0.05, 0.1) is 6.61 Å². The molecule has 0 spiro atoms. The van der Waals surface area contributed by atoms with Crippen LogP contribution >= 0.6 is 0 Å². The van der Waals surface area contributed by atoms with E-state index >= 15 is 0 Å². The van der Waals surface area contributed by atoms with Crippen molar-refractivity contribution in [3.8, 4) is 22.3 Å². The Kier molecular flexibility index (Phi) is 3.62. The summed E-state index contributed by atoms with van der Waals surface area (Å²) in [5.74, 6) is 0. The summed E-state index contributed by atoms with van der Waals surface area (Å²) in [6.07, 6.45) is 0. The molecule has 0 bridgehead atoms. The molecule has 0 saturated heterocycles. The van der Waals surface area contributed by atoms with Gasteiger partial charge in [0.25, 0.3) is 0 Å². The van der Waals surface area contributed by atoms with E-state index in [1.165, 1.54) is 0 Å². The molecule has 0 unspecified atom stereocenters. The Labute approximate surface area is 119 Å². The molecule has 3 aromatic carbocycles. The number of rotatable bonds is 3. The summed E-state index contributed by atoms with van der Waals surface area (Å²) in [6, 6.07) is 26.5. The first-order chi connectivity index (χ1) is 9.90. The number of benzene rings is 3. The molecule has 1 N–H and O–H groups in total. The van der Waals surface area contributed by atoms with Crippen molar-refractivity contribution in [2.24, 2.45) is 0 Å². The highest BCUT2D eigenvalue weighted by Gasteiger charge is 2.10. The minimum absolute atomic E-state index is 0.0370. The summed E-state index contributed by atoms with van der Waals surface area (Å²) >= 11 is 0. The van der Waals surface area contributed by atoms with Crippen LogP contribution in [0.15, 0.2) is 78.9 Å². The SMILES string of the molecule is OCc1c(-c2ccccc2)cccc1-c1ccccc1. The van der Waals surface area contributed by atoms with Gasteiger partial charge < -0.3 is 5.11 Å². The second kappa shape index (κ2) is 5.72. The smallest absolute Gasteiger partial charge is 0.0693 e. The van der Waals surface area contributed by atoms with Crippen LogP contribution in [-0.2, 0) is 6.61 Å². The Morgan fingerprint density at radius 3 is 1.40 bits per heavy atom. The fraction of sp³-hybridized carbons (Fsp3) is 0.0526. The fourth-order valence-electron chi connectivity index (χ4n) is 2.53. The predicted octanol–water partition coefficient (Wildman–Crippen LogP) is 4.51. The number of aliphatic hydroxyl groups excluding tert-OH is 1. The second-order valence-electron chi connectivity index (χ2n) is 4.72. The van der Waals surface area contributed by atoms with Gasteiger partial charge in [-0.25, -0.2) is 0 Å². The Morgan fingerprint density at radius 2 is 1.00 bits per heavy atom. The normalized spacial score (nSPS) is 10.4. The summed E-state index contributed by atoms with van der Waals surface area (Å²) < 4.78 is 0. The molecular formula is C19H16O. The van der Waals surface area contributed by atoms with Gasteiger partial charge in [0.15, 0.2) is 0 Å². The molecule has 0 fully saturated rings. The molecular weight excluding hydrogens is 244 g/mol. The molecule has 0 radical (unpaired) electrons. The third-order valence-electron chi connectivity index (χ3n) is 3.50. The van der Waals surface area contributed by atoms with Crippen molar-refractivity contribution in [3.05, 3.63) is 84.4 Å². The summed E-state index contributed by atoms with van der Waals surface area (Å²) in [5.41, 5.74) is 5.43. The highest BCUT2D eigenvalue weighted by atomic mass is 16.3. The van der Waals surface area contributed by atoms with Gasteiger partial charge in [-0.05, 0) is 27.8 Å². The minimum Gasteiger partial charge on any atom is -0.392 e. The average molecular weight is 260 g/mol. The van der Waals surface area contributed by atoms with E-state index in [0.29, 0.717) is 0 Å². The molecule has 0 atom stereocenters. The summed E-state index contributed by atoms with van der Waals surface area (Å²) in [4.78, 5) is 0. The predicted molar refractivity (Wildman–Crippen MR) is 83.2 cm³/mol. The maximum atomic E-state index is 9.82. The second-order valence-corrected chi connectivity index (χ2v) is 4.72. The van der Waals surface area contributed by atoms with Crippen LogP contribution in [0.3, 0.4) is 0 Å². The summed E-state index contributed by atoms with van der Waals surface area (Å²) in [5, 5.41) is 9.82. The van der Waals surface area contributed by atoms with Gasteiger partial charge in [-0.1, -0.05) is 78.9 Å². The van der Waals surface area contributed by atoms with Crippen molar-refractivity contribution in [1.82, 2.24) is 0 Å². The average Bonchev–Trinajstić information content (AvgIpc) is 2.55. The third-order valence-corrected chi connectivity index (χ3v) is 3.50. The van der Waals surface area contributed by atoms with Gasteiger partial charge in [-0.2, -0.15) is 0 Å². The molecule has 98 valence electrons. The molecule has 1 nitrogen and oxygen atoms in total. The zero-order chi connectivity index (χ0) is 13.8. The zero-order valence-electron chi connectivity index (χ0n) is 11.2. The van der Waals surface area contributed by atoms with Gasteiger partial charge in [0.1, 0.15) is 0 Å². The lowest BCUT2D eigenvalue weighted by Gasteiger charge is -2.13. The lowest BCUT2D eigenvalue weighted by Crippen LogP contribution is -1.94. The van der Waals surface area contributed by atoms with Crippen molar-refractivity contribution < 1.29 is 5.11 Å². The van der Waals surface area contributed by atoms with E-state index in [1.807, 2.05) is 42.5 Å². The first-order valence-corrected chi connectivity index (χ1v) is 6.74. The number of aliphatic hydroxyl groups is 1. The molecule has 0 amide bonds.